The van der Waals surface area contributed by atoms with Gasteiger partial charge in [0.05, 0.1) is 23.3 Å². The third-order valence-electron chi connectivity index (χ3n) is 3.45. The van der Waals surface area contributed by atoms with Gasteiger partial charge in [0.2, 0.25) is 0 Å². The summed E-state index contributed by atoms with van der Waals surface area (Å²) in [6, 6.07) is 3.29. The Labute approximate surface area is 135 Å². The van der Waals surface area contributed by atoms with Crippen LogP contribution in [0.2, 0.25) is 0 Å². The first kappa shape index (κ1) is 18.7. The number of rotatable bonds is 10. The van der Waals surface area contributed by atoms with E-state index in [0.717, 1.165) is 43.9 Å². The van der Waals surface area contributed by atoms with Gasteiger partial charge in [0.25, 0.3) is 0 Å². The summed E-state index contributed by atoms with van der Waals surface area (Å²) in [5, 5.41) is 18.0. The van der Waals surface area contributed by atoms with Gasteiger partial charge in [-0.15, -0.1) is 0 Å². The molecule has 0 spiro atoms. The predicted molar refractivity (Wildman–Crippen MR) is 84.0 cm³/mol. The Kier molecular flexibility index (Phi) is 7.80. The van der Waals surface area contributed by atoms with Crippen molar-refractivity contribution < 1.29 is 29.3 Å². The van der Waals surface area contributed by atoms with Crippen molar-refractivity contribution in [3.05, 3.63) is 34.9 Å². The number of esters is 1. The molecule has 1 aromatic rings. The Bertz CT molecular complexity index is 564. The van der Waals surface area contributed by atoms with E-state index in [-0.39, 0.29) is 23.3 Å². The van der Waals surface area contributed by atoms with E-state index in [1.165, 1.54) is 6.42 Å². The Morgan fingerprint density at radius 2 is 1.57 bits per heavy atom. The van der Waals surface area contributed by atoms with Crippen LogP contribution in [-0.4, -0.2) is 34.7 Å². The molecule has 0 saturated carbocycles. The molecule has 0 fully saturated rings. The highest BCUT2D eigenvalue weighted by Crippen LogP contribution is 2.15. The van der Waals surface area contributed by atoms with Crippen molar-refractivity contribution in [3.63, 3.8) is 0 Å². The number of ether oxygens (including phenoxy) is 1. The molecular formula is C17H22O6. The zero-order chi connectivity index (χ0) is 17.2. The van der Waals surface area contributed by atoms with Crippen molar-refractivity contribution in [2.75, 3.05) is 6.61 Å². The summed E-state index contributed by atoms with van der Waals surface area (Å²) < 4.78 is 5.06. The van der Waals surface area contributed by atoms with Crippen LogP contribution in [0.4, 0.5) is 0 Å². The molecule has 0 amide bonds. The van der Waals surface area contributed by atoms with Gasteiger partial charge >= 0.3 is 17.9 Å². The van der Waals surface area contributed by atoms with E-state index in [1.54, 1.807) is 0 Å². The zero-order valence-corrected chi connectivity index (χ0v) is 13.2. The first-order valence-corrected chi connectivity index (χ1v) is 7.75. The largest absolute Gasteiger partial charge is 0.478 e. The molecule has 0 aliphatic heterocycles. The number of carbonyl (C=O) groups excluding carboxylic acids is 1. The lowest BCUT2D eigenvalue weighted by atomic mass is 10.0. The monoisotopic (exact) mass is 322 g/mol. The maximum Gasteiger partial charge on any atom is 0.339 e. The molecular weight excluding hydrogens is 300 g/mol. The molecule has 1 rings (SSSR count). The molecule has 6 heteroatoms. The van der Waals surface area contributed by atoms with Crippen molar-refractivity contribution in [1.82, 2.24) is 0 Å². The molecule has 1 aromatic carbocycles. The zero-order valence-electron chi connectivity index (χ0n) is 13.2. The number of hydrogen-bond acceptors (Lipinski definition) is 4. The molecule has 0 atom stereocenters. The lowest BCUT2D eigenvalue weighted by Crippen LogP contribution is -2.14. The van der Waals surface area contributed by atoms with Gasteiger partial charge in [0.15, 0.2) is 0 Å². The lowest BCUT2D eigenvalue weighted by Gasteiger charge is -2.08. The highest BCUT2D eigenvalue weighted by atomic mass is 16.5. The second kappa shape index (κ2) is 9.61. The van der Waals surface area contributed by atoms with Gasteiger partial charge < -0.3 is 14.9 Å². The minimum absolute atomic E-state index is 0.151. The van der Waals surface area contributed by atoms with Gasteiger partial charge in [-0.2, -0.15) is 0 Å². The number of carboxylic acid groups (broad SMARTS) is 2. The summed E-state index contributed by atoms with van der Waals surface area (Å²) in [4.78, 5) is 34.1. The van der Waals surface area contributed by atoms with Crippen LogP contribution in [0, 0.1) is 0 Å². The molecule has 23 heavy (non-hydrogen) atoms. The van der Waals surface area contributed by atoms with E-state index in [4.69, 9.17) is 14.9 Å². The van der Waals surface area contributed by atoms with Crippen LogP contribution in [0.15, 0.2) is 18.2 Å². The predicted octanol–water partition coefficient (Wildman–Crippen LogP) is 3.60. The smallest absolute Gasteiger partial charge is 0.339 e. The fraction of sp³-hybridized carbons (Fsp3) is 0.471. The normalized spacial score (nSPS) is 10.3. The van der Waals surface area contributed by atoms with E-state index in [0.29, 0.717) is 6.42 Å². The SMILES string of the molecule is CCCCCCCCOC(=O)c1cc(C(=O)O)ccc1C(=O)O. The molecule has 0 unspecified atom stereocenters. The molecule has 6 nitrogen and oxygen atoms in total. The standard InChI is InChI=1S/C17H22O6/c1-2-3-4-5-6-7-10-23-17(22)14-11-12(15(18)19)8-9-13(14)16(20)21/h8-9,11H,2-7,10H2,1H3,(H,18,19)(H,20,21). The summed E-state index contributed by atoms with van der Waals surface area (Å²) in [7, 11) is 0. The average molecular weight is 322 g/mol. The van der Waals surface area contributed by atoms with Crippen LogP contribution in [0.5, 0.6) is 0 Å². The minimum Gasteiger partial charge on any atom is -0.478 e. The van der Waals surface area contributed by atoms with Gasteiger partial charge in [-0.1, -0.05) is 39.0 Å². The average Bonchev–Trinajstić information content (AvgIpc) is 2.53. The van der Waals surface area contributed by atoms with E-state index in [2.05, 4.69) is 6.92 Å². The Morgan fingerprint density at radius 3 is 2.17 bits per heavy atom. The van der Waals surface area contributed by atoms with Gasteiger partial charge in [-0.05, 0) is 24.6 Å². The molecule has 0 aliphatic rings. The van der Waals surface area contributed by atoms with Crippen molar-refractivity contribution in [2.45, 2.75) is 45.4 Å². The fourth-order valence-electron chi connectivity index (χ4n) is 2.16. The summed E-state index contributed by atoms with van der Waals surface area (Å²) >= 11 is 0. The number of aromatic carboxylic acids is 2. The molecule has 0 radical (unpaired) electrons. The summed E-state index contributed by atoms with van der Waals surface area (Å²) in [5.41, 5.74) is -0.646. The first-order valence-electron chi connectivity index (χ1n) is 7.75. The van der Waals surface area contributed by atoms with Crippen molar-refractivity contribution in [3.8, 4) is 0 Å². The van der Waals surface area contributed by atoms with Crippen LogP contribution in [0.25, 0.3) is 0 Å². The summed E-state index contributed by atoms with van der Waals surface area (Å²) in [6.45, 7) is 2.33. The number of hydrogen-bond donors (Lipinski definition) is 2. The Balaban J connectivity index is 2.62. The third kappa shape index (κ3) is 6.10. The number of carbonyl (C=O) groups is 3. The molecule has 0 saturated heterocycles. The van der Waals surface area contributed by atoms with Crippen molar-refractivity contribution >= 4 is 17.9 Å². The summed E-state index contributed by atoms with van der Waals surface area (Å²) in [5.74, 6) is -3.33. The maximum absolute atomic E-state index is 12.0. The first-order chi connectivity index (χ1) is 11.0. The molecule has 0 aliphatic carbocycles. The highest BCUT2D eigenvalue weighted by molar-refractivity contribution is 6.04. The van der Waals surface area contributed by atoms with Gasteiger partial charge in [-0.25, -0.2) is 14.4 Å². The van der Waals surface area contributed by atoms with Gasteiger partial charge in [0, 0.05) is 0 Å². The molecule has 0 bridgehead atoms. The quantitative estimate of drug-likeness (QED) is 0.504. The minimum atomic E-state index is -1.30. The second-order valence-electron chi connectivity index (χ2n) is 5.27. The lowest BCUT2D eigenvalue weighted by molar-refractivity contribution is 0.0487. The van der Waals surface area contributed by atoms with Crippen LogP contribution in [0.3, 0.4) is 0 Å². The van der Waals surface area contributed by atoms with E-state index in [9.17, 15) is 14.4 Å². The van der Waals surface area contributed by atoms with Gasteiger partial charge in [-0.3, -0.25) is 0 Å². The molecule has 0 heterocycles. The Hall–Kier alpha value is -2.37. The van der Waals surface area contributed by atoms with E-state index >= 15 is 0 Å². The fourth-order valence-corrected chi connectivity index (χ4v) is 2.16. The van der Waals surface area contributed by atoms with E-state index in [1.807, 2.05) is 0 Å². The molecule has 2 N–H and O–H groups in total. The number of benzene rings is 1. The topological polar surface area (TPSA) is 101 Å². The highest BCUT2D eigenvalue weighted by Gasteiger charge is 2.20. The van der Waals surface area contributed by atoms with Gasteiger partial charge in [0.1, 0.15) is 0 Å². The molecule has 0 aromatic heterocycles. The van der Waals surface area contributed by atoms with Crippen LogP contribution in [0.1, 0.15) is 76.5 Å². The third-order valence-corrected chi connectivity index (χ3v) is 3.45. The number of carboxylic acids is 2. The van der Waals surface area contributed by atoms with Crippen LogP contribution < -0.4 is 0 Å². The Morgan fingerprint density at radius 1 is 0.913 bits per heavy atom. The van der Waals surface area contributed by atoms with Crippen LogP contribution >= 0.6 is 0 Å². The summed E-state index contributed by atoms with van der Waals surface area (Å²) in [6.07, 6.45) is 6.20. The second-order valence-corrected chi connectivity index (χ2v) is 5.27. The maximum atomic E-state index is 12.0. The van der Waals surface area contributed by atoms with Crippen molar-refractivity contribution in [1.29, 1.82) is 0 Å². The van der Waals surface area contributed by atoms with E-state index < -0.39 is 17.9 Å². The molecule has 126 valence electrons. The van der Waals surface area contributed by atoms with Crippen LogP contribution in [-0.2, 0) is 4.74 Å². The van der Waals surface area contributed by atoms with Crippen molar-refractivity contribution in [2.24, 2.45) is 0 Å². The number of unbranched alkanes of at least 4 members (excludes halogenated alkanes) is 5.